The number of benzene rings is 1. The van der Waals surface area contributed by atoms with Crippen molar-refractivity contribution in [3.63, 3.8) is 0 Å². The Morgan fingerprint density at radius 1 is 1.12 bits per heavy atom. The van der Waals surface area contributed by atoms with E-state index in [0.717, 1.165) is 24.6 Å². The van der Waals surface area contributed by atoms with Crippen LogP contribution in [0.3, 0.4) is 0 Å². The minimum atomic E-state index is 0.355. The summed E-state index contributed by atoms with van der Waals surface area (Å²) in [7, 11) is 2.20. The van der Waals surface area contributed by atoms with Gasteiger partial charge in [0.15, 0.2) is 0 Å². The number of nitrogens with zero attached hydrogens (tertiary/aromatic N) is 3. The van der Waals surface area contributed by atoms with Crippen molar-refractivity contribution < 1.29 is 4.79 Å². The smallest absolute Gasteiger partial charge is 0.223 e. The number of thioether (sulfide) groups is 1. The number of hydrogen-bond acceptors (Lipinski definition) is 4. The summed E-state index contributed by atoms with van der Waals surface area (Å²) in [5.74, 6) is 2.94. The van der Waals surface area contributed by atoms with Crippen LogP contribution in [0, 0.1) is 5.92 Å². The molecule has 1 aromatic carbocycles. The minimum Gasteiger partial charge on any atom is -0.342 e. The summed E-state index contributed by atoms with van der Waals surface area (Å²) < 4.78 is 0. The van der Waals surface area contributed by atoms with Gasteiger partial charge < -0.3 is 14.7 Å². The summed E-state index contributed by atoms with van der Waals surface area (Å²) in [5, 5.41) is 0. The topological polar surface area (TPSA) is 26.8 Å². The van der Waals surface area contributed by atoms with E-state index in [1.807, 2.05) is 17.8 Å². The molecule has 26 heavy (non-hydrogen) atoms. The summed E-state index contributed by atoms with van der Waals surface area (Å²) in [6.07, 6.45) is 3.12. The Kier molecular flexibility index (Phi) is 7.84. The Morgan fingerprint density at radius 3 is 2.65 bits per heavy atom. The fourth-order valence-electron chi connectivity index (χ4n) is 3.92. The molecule has 0 spiro atoms. The van der Waals surface area contributed by atoms with Gasteiger partial charge in [0.25, 0.3) is 0 Å². The number of likely N-dealkylation sites (N-methyl/N-ethyl adjacent to an activating group) is 1. The molecule has 0 bridgehead atoms. The second-order valence-electron chi connectivity index (χ2n) is 7.74. The van der Waals surface area contributed by atoms with E-state index >= 15 is 0 Å². The predicted octanol–water partition coefficient (Wildman–Crippen LogP) is 2.80. The molecule has 0 aromatic heterocycles. The molecule has 144 valence electrons. The largest absolute Gasteiger partial charge is 0.342 e. The van der Waals surface area contributed by atoms with Gasteiger partial charge >= 0.3 is 0 Å². The Hall–Kier alpha value is -1.04. The number of amides is 1. The number of likely N-dealkylation sites (tertiary alicyclic amines) is 1. The van der Waals surface area contributed by atoms with Crippen LogP contribution >= 0.6 is 11.8 Å². The highest BCUT2D eigenvalue weighted by atomic mass is 32.2. The van der Waals surface area contributed by atoms with Gasteiger partial charge in [-0.1, -0.05) is 30.3 Å². The lowest BCUT2D eigenvalue weighted by Gasteiger charge is -2.38. The molecule has 1 atom stereocenters. The zero-order valence-corrected chi connectivity index (χ0v) is 16.9. The van der Waals surface area contributed by atoms with Crippen molar-refractivity contribution in [3.05, 3.63) is 35.9 Å². The molecular formula is C21H33N3OS. The van der Waals surface area contributed by atoms with Crippen molar-refractivity contribution in [2.24, 2.45) is 5.92 Å². The van der Waals surface area contributed by atoms with E-state index in [0.29, 0.717) is 18.2 Å². The van der Waals surface area contributed by atoms with Crippen molar-refractivity contribution in [2.45, 2.75) is 25.0 Å². The summed E-state index contributed by atoms with van der Waals surface area (Å²) in [4.78, 5) is 19.7. The third-order valence-electron chi connectivity index (χ3n) is 5.56. The first-order valence-corrected chi connectivity index (χ1v) is 11.2. The Bertz CT molecular complexity index is 545. The lowest BCUT2D eigenvalue weighted by Crippen LogP contribution is -2.49. The van der Waals surface area contributed by atoms with Crippen LogP contribution in [0.15, 0.2) is 30.3 Å². The van der Waals surface area contributed by atoms with Gasteiger partial charge in [-0.2, -0.15) is 11.8 Å². The molecular weight excluding hydrogens is 342 g/mol. The Morgan fingerprint density at radius 2 is 1.88 bits per heavy atom. The lowest BCUT2D eigenvalue weighted by molar-refractivity contribution is -0.132. The zero-order chi connectivity index (χ0) is 18.2. The monoisotopic (exact) mass is 375 g/mol. The number of carbonyl (C=O) groups excluding carboxylic acids is 1. The number of carbonyl (C=O) groups is 1. The fraction of sp³-hybridized carbons (Fsp3) is 0.667. The molecule has 3 rings (SSSR count). The predicted molar refractivity (Wildman–Crippen MR) is 110 cm³/mol. The second-order valence-corrected chi connectivity index (χ2v) is 8.85. The molecule has 2 aliphatic heterocycles. The van der Waals surface area contributed by atoms with Crippen LogP contribution in [0.4, 0.5) is 0 Å². The normalized spacial score (nSPS) is 22.5. The molecule has 0 saturated carbocycles. The van der Waals surface area contributed by atoms with E-state index in [9.17, 15) is 4.79 Å². The van der Waals surface area contributed by atoms with Crippen molar-refractivity contribution in [2.75, 3.05) is 58.6 Å². The van der Waals surface area contributed by atoms with Crippen LogP contribution in [0.5, 0.6) is 0 Å². The van der Waals surface area contributed by atoms with Crippen molar-refractivity contribution in [3.8, 4) is 0 Å². The van der Waals surface area contributed by atoms with Gasteiger partial charge in [0, 0.05) is 63.7 Å². The molecule has 0 radical (unpaired) electrons. The molecule has 2 aliphatic rings. The highest BCUT2D eigenvalue weighted by Crippen LogP contribution is 2.20. The summed E-state index contributed by atoms with van der Waals surface area (Å²) in [6, 6.07) is 10.5. The average Bonchev–Trinajstić information content (AvgIpc) is 2.68. The number of rotatable bonds is 7. The van der Waals surface area contributed by atoms with E-state index in [4.69, 9.17) is 0 Å². The van der Waals surface area contributed by atoms with Crippen LogP contribution in [0.25, 0.3) is 0 Å². The summed E-state index contributed by atoms with van der Waals surface area (Å²) in [5.41, 5.74) is 1.34. The number of piperidine rings is 1. The fourth-order valence-corrected chi connectivity index (χ4v) is 4.81. The van der Waals surface area contributed by atoms with Crippen molar-refractivity contribution >= 4 is 17.7 Å². The first-order valence-electron chi connectivity index (χ1n) is 10.0. The lowest BCUT2D eigenvalue weighted by atomic mass is 9.97. The summed E-state index contributed by atoms with van der Waals surface area (Å²) in [6.45, 7) is 7.80. The third-order valence-corrected chi connectivity index (χ3v) is 6.59. The van der Waals surface area contributed by atoms with Gasteiger partial charge in [0.1, 0.15) is 0 Å². The molecule has 2 fully saturated rings. The van der Waals surface area contributed by atoms with E-state index < -0.39 is 0 Å². The summed E-state index contributed by atoms with van der Waals surface area (Å²) >= 11 is 1.87. The Balaban J connectivity index is 1.34. The maximum atomic E-state index is 12.6. The van der Waals surface area contributed by atoms with Gasteiger partial charge in [-0.15, -0.1) is 0 Å². The van der Waals surface area contributed by atoms with Crippen LogP contribution in [0.2, 0.25) is 0 Å². The van der Waals surface area contributed by atoms with Gasteiger partial charge in [0.2, 0.25) is 5.91 Å². The van der Waals surface area contributed by atoms with Crippen molar-refractivity contribution in [1.82, 2.24) is 14.7 Å². The highest BCUT2D eigenvalue weighted by Gasteiger charge is 2.25. The Labute approximate surface area is 162 Å². The quantitative estimate of drug-likeness (QED) is 0.685. The third kappa shape index (κ3) is 6.29. The number of piperazine rings is 1. The maximum Gasteiger partial charge on any atom is 0.223 e. The zero-order valence-electron chi connectivity index (χ0n) is 16.1. The molecule has 1 aromatic rings. The molecule has 0 unspecified atom stereocenters. The van der Waals surface area contributed by atoms with Gasteiger partial charge in [-0.05, 0) is 31.4 Å². The first-order chi connectivity index (χ1) is 12.7. The SMILES string of the molecule is CN1CCN(C[C@H]2CCCN(C(=O)CCSCc3ccccc3)C2)CC1. The van der Waals surface area contributed by atoms with E-state index in [1.165, 1.54) is 51.1 Å². The molecule has 1 amide bonds. The highest BCUT2D eigenvalue weighted by molar-refractivity contribution is 7.98. The molecule has 0 aliphatic carbocycles. The molecule has 2 heterocycles. The van der Waals surface area contributed by atoms with Crippen molar-refractivity contribution in [1.29, 1.82) is 0 Å². The average molecular weight is 376 g/mol. The maximum absolute atomic E-state index is 12.6. The molecule has 0 N–H and O–H groups in total. The molecule has 5 heteroatoms. The van der Waals surface area contributed by atoms with Gasteiger partial charge in [-0.25, -0.2) is 0 Å². The number of hydrogen-bond donors (Lipinski definition) is 0. The van der Waals surface area contributed by atoms with Gasteiger partial charge in [-0.3, -0.25) is 4.79 Å². The van der Waals surface area contributed by atoms with Crippen LogP contribution in [-0.2, 0) is 10.5 Å². The van der Waals surface area contributed by atoms with Crippen LogP contribution < -0.4 is 0 Å². The van der Waals surface area contributed by atoms with E-state index in [-0.39, 0.29) is 0 Å². The van der Waals surface area contributed by atoms with Crippen LogP contribution in [-0.4, -0.2) is 79.2 Å². The second kappa shape index (κ2) is 10.3. The van der Waals surface area contributed by atoms with E-state index in [1.54, 1.807) is 0 Å². The minimum absolute atomic E-state index is 0.355. The molecule has 4 nitrogen and oxygen atoms in total. The van der Waals surface area contributed by atoms with E-state index in [2.05, 4.69) is 46.0 Å². The first kappa shape index (κ1) is 19.7. The van der Waals surface area contributed by atoms with Crippen LogP contribution in [0.1, 0.15) is 24.8 Å². The van der Waals surface area contributed by atoms with Gasteiger partial charge in [0.05, 0.1) is 0 Å². The molecule has 2 saturated heterocycles. The standard InChI is InChI=1S/C21H33N3OS/c1-22-11-13-23(14-12-22)16-20-8-5-10-24(17-20)21(25)9-15-26-18-19-6-3-2-4-7-19/h2-4,6-7,20H,5,8-18H2,1H3/t20-/m1/s1.